The maximum Gasteiger partial charge on any atom is 0.215 e. The van der Waals surface area contributed by atoms with Crippen LogP contribution in [0.25, 0.3) is 0 Å². The van der Waals surface area contributed by atoms with Gasteiger partial charge in [0.25, 0.3) is 0 Å². The number of nitrogens with zero attached hydrogens (tertiary/aromatic N) is 3. The van der Waals surface area contributed by atoms with Crippen LogP contribution >= 0.6 is 0 Å². The van der Waals surface area contributed by atoms with E-state index in [0.29, 0.717) is 38.7 Å². The van der Waals surface area contributed by atoms with E-state index in [1.807, 2.05) is 57.0 Å². The molecule has 0 unspecified atom stereocenters. The average Bonchev–Trinajstić information content (AvgIpc) is 2.61. The molecular formula is C18H32N4O3S. The van der Waals surface area contributed by atoms with Crippen LogP contribution < -0.4 is 10.1 Å². The Morgan fingerprint density at radius 2 is 1.77 bits per heavy atom. The van der Waals surface area contributed by atoms with Crippen LogP contribution in [-0.4, -0.2) is 69.7 Å². The van der Waals surface area contributed by atoms with Crippen molar-refractivity contribution in [1.29, 1.82) is 0 Å². The lowest BCUT2D eigenvalue weighted by molar-refractivity contribution is 0.340. The zero-order chi connectivity index (χ0) is 19.6. The first-order valence-electron chi connectivity index (χ1n) is 8.99. The van der Waals surface area contributed by atoms with E-state index in [2.05, 4.69) is 10.3 Å². The number of hydrogen-bond donors (Lipinski definition) is 1. The lowest BCUT2D eigenvalue weighted by Gasteiger charge is -2.23. The van der Waals surface area contributed by atoms with E-state index in [-0.39, 0.29) is 5.75 Å². The number of hydrogen-bond acceptors (Lipinski definition) is 4. The SMILES string of the molecule is CCOc1ccc(CN(C)C(=NC)NCCS(=O)(=O)N(CC)CC)cc1. The molecule has 0 aliphatic carbocycles. The van der Waals surface area contributed by atoms with Crippen LogP contribution in [0, 0.1) is 0 Å². The van der Waals surface area contributed by atoms with Crippen LogP contribution in [0.15, 0.2) is 29.3 Å². The van der Waals surface area contributed by atoms with Gasteiger partial charge in [0.2, 0.25) is 10.0 Å². The first kappa shape index (κ1) is 22.2. The standard InChI is InChI=1S/C18H32N4O3S/c1-6-22(7-2)26(23,24)14-13-20-18(19-4)21(5)15-16-9-11-17(12-10-16)25-8-3/h9-12H,6-8,13-15H2,1-5H3,(H,19,20). The van der Waals surface area contributed by atoms with E-state index >= 15 is 0 Å². The Labute approximate surface area is 158 Å². The van der Waals surface area contributed by atoms with Crippen molar-refractivity contribution in [2.45, 2.75) is 27.3 Å². The Balaban J connectivity index is 2.57. The summed E-state index contributed by atoms with van der Waals surface area (Å²) in [7, 11) is 0.374. The quantitative estimate of drug-likeness (QED) is 0.491. The van der Waals surface area contributed by atoms with Crippen molar-refractivity contribution in [2.75, 3.05) is 46.1 Å². The van der Waals surface area contributed by atoms with Gasteiger partial charge in [0.15, 0.2) is 5.96 Å². The minimum atomic E-state index is -3.24. The summed E-state index contributed by atoms with van der Waals surface area (Å²) >= 11 is 0. The summed E-state index contributed by atoms with van der Waals surface area (Å²) in [5.41, 5.74) is 1.12. The third-order valence-electron chi connectivity index (χ3n) is 3.97. The van der Waals surface area contributed by atoms with E-state index in [1.165, 1.54) is 4.31 Å². The minimum absolute atomic E-state index is 0.0462. The molecule has 0 saturated carbocycles. The highest BCUT2D eigenvalue weighted by Crippen LogP contribution is 2.13. The molecule has 1 aromatic carbocycles. The van der Waals surface area contributed by atoms with Gasteiger partial charge in [-0.1, -0.05) is 26.0 Å². The maximum atomic E-state index is 12.2. The van der Waals surface area contributed by atoms with Crippen LogP contribution in [0.5, 0.6) is 5.75 Å². The second-order valence-electron chi connectivity index (χ2n) is 5.81. The summed E-state index contributed by atoms with van der Waals surface area (Å²) in [4.78, 5) is 6.19. The Hall–Kier alpha value is -1.80. The van der Waals surface area contributed by atoms with Crippen LogP contribution in [0.3, 0.4) is 0 Å². The molecule has 0 amide bonds. The largest absolute Gasteiger partial charge is 0.494 e. The van der Waals surface area contributed by atoms with Crippen LogP contribution in [0.1, 0.15) is 26.3 Å². The summed E-state index contributed by atoms with van der Waals surface area (Å²) in [6, 6.07) is 7.91. The van der Waals surface area contributed by atoms with Crippen LogP contribution in [-0.2, 0) is 16.6 Å². The monoisotopic (exact) mass is 384 g/mol. The summed E-state index contributed by atoms with van der Waals surface area (Å²) in [6.45, 7) is 8.25. The van der Waals surface area contributed by atoms with Gasteiger partial charge in [-0.3, -0.25) is 4.99 Å². The van der Waals surface area contributed by atoms with E-state index in [1.54, 1.807) is 7.05 Å². The van der Waals surface area contributed by atoms with Crippen molar-refractivity contribution in [1.82, 2.24) is 14.5 Å². The fourth-order valence-electron chi connectivity index (χ4n) is 2.63. The topological polar surface area (TPSA) is 74.2 Å². The van der Waals surface area contributed by atoms with Gasteiger partial charge in [-0.05, 0) is 24.6 Å². The van der Waals surface area contributed by atoms with E-state index < -0.39 is 10.0 Å². The van der Waals surface area contributed by atoms with Gasteiger partial charge in [0.1, 0.15) is 5.75 Å². The number of aliphatic imine (C=N–C) groups is 1. The molecule has 0 saturated heterocycles. The molecular weight excluding hydrogens is 352 g/mol. The molecule has 8 heteroatoms. The van der Waals surface area contributed by atoms with Gasteiger partial charge in [-0.2, -0.15) is 0 Å². The second kappa shape index (κ2) is 11.0. The molecule has 26 heavy (non-hydrogen) atoms. The Kier molecular flexibility index (Phi) is 9.43. The molecule has 1 rings (SSSR count). The lowest BCUT2D eigenvalue weighted by atomic mass is 10.2. The second-order valence-corrected chi connectivity index (χ2v) is 7.90. The average molecular weight is 385 g/mol. The van der Waals surface area contributed by atoms with Crippen molar-refractivity contribution in [3.05, 3.63) is 29.8 Å². The molecule has 0 aliphatic rings. The highest BCUT2D eigenvalue weighted by molar-refractivity contribution is 7.89. The normalized spacial score (nSPS) is 12.3. The molecule has 0 heterocycles. The molecule has 0 aliphatic heterocycles. The van der Waals surface area contributed by atoms with Crippen LogP contribution in [0.2, 0.25) is 0 Å². The van der Waals surface area contributed by atoms with E-state index in [9.17, 15) is 8.42 Å². The third-order valence-corrected chi connectivity index (χ3v) is 5.99. The molecule has 0 aromatic heterocycles. The number of ether oxygens (including phenoxy) is 1. The van der Waals surface area contributed by atoms with Crippen molar-refractivity contribution < 1.29 is 13.2 Å². The number of guanidine groups is 1. The van der Waals surface area contributed by atoms with E-state index in [4.69, 9.17) is 4.74 Å². The zero-order valence-electron chi connectivity index (χ0n) is 16.5. The Bertz CT molecular complexity index is 656. The molecule has 7 nitrogen and oxygen atoms in total. The number of sulfonamides is 1. The van der Waals surface area contributed by atoms with Gasteiger partial charge in [-0.25, -0.2) is 12.7 Å². The molecule has 1 N–H and O–H groups in total. The predicted molar refractivity (Wildman–Crippen MR) is 107 cm³/mol. The van der Waals surface area contributed by atoms with Gasteiger partial charge in [0.05, 0.1) is 12.4 Å². The fraction of sp³-hybridized carbons (Fsp3) is 0.611. The first-order chi connectivity index (χ1) is 12.4. The third kappa shape index (κ3) is 6.84. The Morgan fingerprint density at radius 1 is 1.15 bits per heavy atom. The first-order valence-corrected chi connectivity index (χ1v) is 10.6. The van der Waals surface area contributed by atoms with Gasteiger partial charge >= 0.3 is 0 Å². The van der Waals surface area contributed by atoms with Crippen LogP contribution in [0.4, 0.5) is 0 Å². The predicted octanol–water partition coefficient (Wildman–Crippen LogP) is 1.76. The highest BCUT2D eigenvalue weighted by atomic mass is 32.2. The molecule has 0 fully saturated rings. The van der Waals surface area contributed by atoms with Gasteiger partial charge in [0, 0.05) is 40.3 Å². The molecule has 0 spiro atoms. The molecule has 1 aromatic rings. The summed E-state index contributed by atoms with van der Waals surface area (Å²) in [5, 5.41) is 3.13. The van der Waals surface area contributed by atoms with Crippen molar-refractivity contribution in [2.24, 2.45) is 4.99 Å². The summed E-state index contributed by atoms with van der Waals surface area (Å²) in [5.74, 6) is 1.56. The lowest BCUT2D eigenvalue weighted by Crippen LogP contribution is -2.42. The summed E-state index contributed by atoms with van der Waals surface area (Å²) in [6.07, 6.45) is 0. The van der Waals surface area contributed by atoms with Gasteiger partial charge in [-0.15, -0.1) is 0 Å². The number of nitrogens with one attached hydrogen (secondary N) is 1. The van der Waals surface area contributed by atoms with Crippen molar-refractivity contribution in [3.63, 3.8) is 0 Å². The molecule has 0 atom stereocenters. The van der Waals surface area contributed by atoms with Crippen molar-refractivity contribution in [3.8, 4) is 5.75 Å². The minimum Gasteiger partial charge on any atom is -0.494 e. The molecule has 0 bridgehead atoms. The molecule has 148 valence electrons. The highest BCUT2D eigenvalue weighted by Gasteiger charge is 2.18. The number of benzene rings is 1. The van der Waals surface area contributed by atoms with Crippen molar-refractivity contribution >= 4 is 16.0 Å². The summed E-state index contributed by atoms with van der Waals surface area (Å²) < 4.78 is 31.4. The number of rotatable bonds is 10. The molecule has 0 radical (unpaired) electrons. The smallest absolute Gasteiger partial charge is 0.215 e. The maximum absolute atomic E-state index is 12.2. The Morgan fingerprint density at radius 3 is 2.27 bits per heavy atom. The van der Waals surface area contributed by atoms with E-state index in [0.717, 1.165) is 11.3 Å². The zero-order valence-corrected chi connectivity index (χ0v) is 17.3. The van der Waals surface area contributed by atoms with Gasteiger partial charge < -0.3 is 15.0 Å². The fourth-order valence-corrected chi connectivity index (χ4v) is 4.03.